The molecule has 112 valence electrons. The van der Waals surface area contributed by atoms with Gasteiger partial charge in [0.2, 0.25) is 0 Å². The number of hydrogen-bond acceptors (Lipinski definition) is 2. The van der Waals surface area contributed by atoms with E-state index in [2.05, 4.69) is 54.6 Å². The van der Waals surface area contributed by atoms with Gasteiger partial charge in [-0.3, -0.25) is 4.98 Å². The van der Waals surface area contributed by atoms with Gasteiger partial charge in [0.1, 0.15) is 0 Å². The average molecular weight is 282 g/mol. The van der Waals surface area contributed by atoms with Gasteiger partial charge in [-0.2, -0.15) is 0 Å². The summed E-state index contributed by atoms with van der Waals surface area (Å²) in [5, 5.41) is 4.68. The van der Waals surface area contributed by atoms with Crippen LogP contribution in [-0.4, -0.2) is 18.6 Å². The molecule has 1 aliphatic rings. The Balaban J connectivity index is 1.94. The fraction of sp³-hybridized carbons (Fsp3) is 0.526. The predicted octanol–water partition coefficient (Wildman–Crippen LogP) is 4.43. The highest BCUT2D eigenvalue weighted by atomic mass is 14.8. The maximum atomic E-state index is 4.62. The minimum Gasteiger partial charge on any atom is -0.319 e. The van der Waals surface area contributed by atoms with Crippen molar-refractivity contribution in [2.75, 3.05) is 13.6 Å². The normalized spacial score (nSPS) is 23.1. The molecule has 1 N–H and O–H groups in total. The van der Waals surface area contributed by atoms with E-state index in [1.54, 1.807) is 0 Å². The molecule has 1 aromatic heterocycles. The van der Waals surface area contributed by atoms with Gasteiger partial charge in [-0.15, -0.1) is 0 Å². The number of benzene rings is 1. The molecule has 0 spiro atoms. The summed E-state index contributed by atoms with van der Waals surface area (Å²) < 4.78 is 0. The second kappa shape index (κ2) is 6.57. The van der Waals surface area contributed by atoms with E-state index in [-0.39, 0.29) is 0 Å². The van der Waals surface area contributed by atoms with Gasteiger partial charge in [-0.25, -0.2) is 0 Å². The van der Waals surface area contributed by atoms with Gasteiger partial charge < -0.3 is 5.32 Å². The third-order valence-corrected chi connectivity index (χ3v) is 4.91. The second-order valence-electron chi connectivity index (χ2n) is 6.47. The maximum Gasteiger partial charge on any atom is 0.0705 e. The minimum atomic E-state index is 0.700. The maximum absolute atomic E-state index is 4.62. The zero-order valence-corrected chi connectivity index (χ0v) is 13.2. The Hall–Kier alpha value is -1.41. The number of rotatable bonds is 3. The van der Waals surface area contributed by atoms with E-state index in [1.165, 1.54) is 43.1 Å². The van der Waals surface area contributed by atoms with Crippen LogP contribution in [0.2, 0.25) is 0 Å². The third kappa shape index (κ3) is 3.26. The molecule has 21 heavy (non-hydrogen) atoms. The highest BCUT2D eigenvalue weighted by Gasteiger charge is 2.24. The average Bonchev–Trinajstić information content (AvgIpc) is 2.73. The monoisotopic (exact) mass is 282 g/mol. The zero-order chi connectivity index (χ0) is 14.7. The van der Waals surface area contributed by atoms with Crippen molar-refractivity contribution in [3.05, 3.63) is 41.6 Å². The summed E-state index contributed by atoms with van der Waals surface area (Å²) in [6.07, 6.45) is 6.84. The van der Waals surface area contributed by atoms with E-state index in [9.17, 15) is 0 Å². The van der Waals surface area contributed by atoms with E-state index in [1.807, 2.05) is 0 Å². The molecule has 0 aliphatic heterocycles. The number of fused-ring (bicyclic) bond motifs is 1. The van der Waals surface area contributed by atoms with Gasteiger partial charge in [-0.05, 0) is 69.0 Å². The van der Waals surface area contributed by atoms with Crippen molar-refractivity contribution in [3.63, 3.8) is 0 Å². The van der Waals surface area contributed by atoms with Gasteiger partial charge in [0, 0.05) is 11.1 Å². The van der Waals surface area contributed by atoms with Crippen LogP contribution in [0.15, 0.2) is 30.3 Å². The molecule has 1 aromatic carbocycles. The lowest BCUT2D eigenvalue weighted by Gasteiger charge is -2.25. The van der Waals surface area contributed by atoms with E-state index >= 15 is 0 Å². The topological polar surface area (TPSA) is 24.9 Å². The molecule has 0 bridgehead atoms. The van der Waals surface area contributed by atoms with Crippen LogP contribution in [0, 0.1) is 12.8 Å². The van der Waals surface area contributed by atoms with E-state index in [0.29, 0.717) is 5.92 Å². The molecule has 3 rings (SSSR count). The van der Waals surface area contributed by atoms with Gasteiger partial charge in [-0.1, -0.05) is 31.4 Å². The molecule has 2 heteroatoms. The quantitative estimate of drug-likeness (QED) is 0.843. The van der Waals surface area contributed by atoms with Gasteiger partial charge in [0.15, 0.2) is 0 Å². The van der Waals surface area contributed by atoms with Crippen LogP contribution >= 0.6 is 0 Å². The number of nitrogens with one attached hydrogen (secondary N) is 1. The van der Waals surface area contributed by atoms with Crippen molar-refractivity contribution in [2.24, 2.45) is 5.92 Å². The summed E-state index contributed by atoms with van der Waals surface area (Å²) in [6, 6.07) is 11.2. The number of pyridine rings is 1. The molecular formula is C19H26N2. The van der Waals surface area contributed by atoms with Gasteiger partial charge >= 0.3 is 0 Å². The van der Waals surface area contributed by atoms with E-state index in [0.717, 1.165) is 23.7 Å². The Morgan fingerprint density at radius 1 is 1.10 bits per heavy atom. The summed E-state index contributed by atoms with van der Waals surface area (Å²) in [5.74, 6) is 1.47. The SMILES string of the molecule is CNCC1CCCCCC1c1ccc2nc(C)ccc2c1. The summed E-state index contributed by atoms with van der Waals surface area (Å²) in [4.78, 5) is 4.62. The minimum absolute atomic E-state index is 0.700. The zero-order valence-electron chi connectivity index (χ0n) is 13.2. The number of aromatic nitrogens is 1. The summed E-state index contributed by atoms with van der Waals surface area (Å²) in [6.45, 7) is 3.19. The molecule has 2 aromatic rings. The highest BCUT2D eigenvalue weighted by molar-refractivity contribution is 5.79. The largest absolute Gasteiger partial charge is 0.319 e. The Morgan fingerprint density at radius 3 is 2.81 bits per heavy atom. The first-order valence-electron chi connectivity index (χ1n) is 8.30. The lowest BCUT2D eigenvalue weighted by molar-refractivity contribution is 0.386. The molecule has 1 heterocycles. The van der Waals surface area contributed by atoms with Crippen LogP contribution in [0.3, 0.4) is 0 Å². The number of nitrogens with zero attached hydrogens (tertiary/aromatic N) is 1. The lowest BCUT2D eigenvalue weighted by Crippen LogP contribution is -2.24. The first-order valence-corrected chi connectivity index (χ1v) is 8.30. The van der Waals surface area contributed by atoms with Crippen molar-refractivity contribution in [3.8, 4) is 0 Å². The fourth-order valence-electron chi connectivity index (χ4n) is 3.81. The van der Waals surface area contributed by atoms with E-state index in [4.69, 9.17) is 0 Å². The molecular weight excluding hydrogens is 256 g/mol. The molecule has 2 atom stereocenters. The number of aryl methyl sites for hydroxylation is 1. The fourth-order valence-corrected chi connectivity index (χ4v) is 3.81. The van der Waals surface area contributed by atoms with Gasteiger partial charge in [0.05, 0.1) is 5.52 Å². The molecule has 2 unspecified atom stereocenters. The molecule has 2 nitrogen and oxygen atoms in total. The van der Waals surface area contributed by atoms with Crippen molar-refractivity contribution < 1.29 is 0 Å². The standard InChI is InChI=1S/C19H26N2/c1-14-8-9-16-12-15(10-11-19(16)21-14)18-7-5-3-4-6-17(18)13-20-2/h8-12,17-18,20H,3-7,13H2,1-2H3. The number of hydrogen-bond donors (Lipinski definition) is 1. The van der Waals surface area contributed by atoms with Crippen molar-refractivity contribution in [2.45, 2.75) is 44.9 Å². The van der Waals surface area contributed by atoms with Crippen LogP contribution in [0.4, 0.5) is 0 Å². The van der Waals surface area contributed by atoms with Crippen LogP contribution in [0.5, 0.6) is 0 Å². The van der Waals surface area contributed by atoms with Crippen LogP contribution in [0.25, 0.3) is 10.9 Å². The third-order valence-electron chi connectivity index (χ3n) is 4.91. The van der Waals surface area contributed by atoms with Crippen LogP contribution in [-0.2, 0) is 0 Å². The van der Waals surface area contributed by atoms with Crippen molar-refractivity contribution in [1.82, 2.24) is 10.3 Å². The smallest absolute Gasteiger partial charge is 0.0705 e. The van der Waals surface area contributed by atoms with Crippen molar-refractivity contribution >= 4 is 10.9 Å². The molecule has 1 fully saturated rings. The highest BCUT2D eigenvalue weighted by Crippen LogP contribution is 2.37. The molecule has 1 saturated carbocycles. The molecule has 0 radical (unpaired) electrons. The summed E-state index contributed by atoms with van der Waals surface area (Å²) in [5.41, 5.74) is 3.73. The summed E-state index contributed by atoms with van der Waals surface area (Å²) >= 11 is 0. The summed E-state index contributed by atoms with van der Waals surface area (Å²) in [7, 11) is 2.08. The Labute approximate surface area is 128 Å². The van der Waals surface area contributed by atoms with Crippen molar-refractivity contribution in [1.29, 1.82) is 0 Å². The van der Waals surface area contributed by atoms with Gasteiger partial charge in [0.25, 0.3) is 0 Å². The first-order chi connectivity index (χ1) is 10.3. The lowest BCUT2D eigenvalue weighted by atomic mass is 9.82. The molecule has 1 aliphatic carbocycles. The Bertz CT molecular complexity index is 606. The van der Waals surface area contributed by atoms with E-state index < -0.39 is 0 Å². The van der Waals surface area contributed by atoms with Crippen LogP contribution in [0.1, 0.15) is 49.3 Å². The first kappa shape index (κ1) is 14.5. The molecule has 0 saturated heterocycles. The Kier molecular flexibility index (Phi) is 4.54. The van der Waals surface area contributed by atoms with Crippen LogP contribution < -0.4 is 5.32 Å². The second-order valence-corrected chi connectivity index (χ2v) is 6.47. The molecule has 0 amide bonds. The Morgan fingerprint density at radius 2 is 1.95 bits per heavy atom. The predicted molar refractivity (Wildman–Crippen MR) is 89.7 cm³/mol.